The summed E-state index contributed by atoms with van der Waals surface area (Å²) in [5.41, 5.74) is 1.24. The van der Waals surface area contributed by atoms with Crippen molar-refractivity contribution in [1.82, 2.24) is 9.71 Å². The Morgan fingerprint density at radius 1 is 1.25 bits per heavy atom. The van der Waals surface area contributed by atoms with Gasteiger partial charge < -0.3 is 0 Å². The van der Waals surface area contributed by atoms with Gasteiger partial charge in [-0.3, -0.25) is 0 Å². The molecule has 8 heteroatoms. The Bertz CT molecular complexity index is 934. The van der Waals surface area contributed by atoms with Gasteiger partial charge in [0.05, 0.1) is 16.3 Å². The molecule has 0 atom stereocenters. The van der Waals surface area contributed by atoms with E-state index in [0.29, 0.717) is 5.56 Å². The number of nitrogens with zero attached hydrogens (tertiary/aromatic N) is 1. The fourth-order valence-electron chi connectivity index (χ4n) is 2.17. The van der Waals surface area contributed by atoms with Crippen LogP contribution < -0.4 is 4.72 Å². The topological polar surface area (TPSA) is 59.1 Å². The number of thiazole rings is 1. The quantitative estimate of drug-likeness (QED) is 0.702. The molecule has 0 unspecified atom stereocenters. The van der Waals surface area contributed by atoms with Gasteiger partial charge in [0.25, 0.3) is 0 Å². The van der Waals surface area contributed by atoms with Gasteiger partial charge in [0.2, 0.25) is 10.0 Å². The van der Waals surface area contributed by atoms with Crippen LogP contribution in [0.3, 0.4) is 0 Å². The zero-order valence-corrected chi connectivity index (χ0v) is 15.3. The number of hydrogen-bond acceptors (Lipinski definition) is 5. The number of aryl methyl sites for hydroxylation is 1. The molecule has 24 heavy (non-hydrogen) atoms. The zero-order valence-electron chi connectivity index (χ0n) is 12.8. The van der Waals surface area contributed by atoms with Crippen molar-refractivity contribution in [2.45, 2.75) is 19.2 Å². The van der Waals surface area contributed by atoms with Crippen molar-refractivity contribution in [2.24, 2.45) is 0 Å². The summed E-state index contributed by atoms with van der Waals surface area (Å²) in [6.07, 6.45) is 0. The van der Waals surface area contributed by atoms with Crippen LogP contribution in [-0.4, -0.2) is 13.4 Å². The van der Waals surface area contributed by atoms with E-state index in [4.69, 9.17) is 0 Å². The largest absolute Gasteiger partial charge is 0.240 e. The molecule has 126 valence electrons. The van der Waals surface area contributed by atoms with E-state index in [2.05, 4.69) is 9.71 Å². The van der Waals surface area contributed by atoms with E-state index in [9.17, 15) is 12.8 Å². The van der Waals surface area contributed by atoms with Gasteiger partial charge in [0.15, 0.2) is 0 Å². The monoisotopic (exact) mass is 382 g/mol. The number of rotatable bonds is 6. The highest BCUT2D eigenvalue weighted by Crippen LogP contribution is 2.31. The number of hydrogen-bond donors (Lipinski definition) is 1. The first-order chi connectivity index (χ1) is 11.4. The molecule has 0 bridgehead atoms. The summed E-state index contributed by atoms with van der Waals surface area (Å²) in [7, 11) is -3.55. The Kier molecular flexibility index (Phi) is 5.09. The summed E-state index contributed by atoms with van der Waals surface area (Å²) in [6, 6.07) is 9.55. The van der Waals surface area contributed by atoms with Gasteiger partial charge in [-0.15, -0.1) is 22.7 Å². The molecular weight excluding hydrogens is 367 g/mol. The lowest BCUT2D eigenvalue weighted by atomic mass is 10.2. The number of benzene rings is 1. The van der Waals surface area contributed by atoms with Crippen molar-refractivity contribution in [3.8, 4) is 9.88 Å². The molecule has 0 aliphatic carbocycles. The highest BCUT2D eigenvalue weighted by Gasteiger charge is 2.15. The summed E-state index contributed by atoms with van der Waals surface area (Å²) in [5.74, 6) is -0.693. The molecule has 3 rings (SSSR count). The third-order valence-electron chi connectivity index (χ3n) is 3.32. The Labute approximate surface area is 148 Å². The molecule has 1 N–H and O–H groups in total. The third-order valence-corrected chi connectivity index (χ3v) is 6.82. The maximum absolute atomic E-state index is 13.2. The van der Waals surface area contributed by atoms with Crippen molar-refractivity contribution in [1.29, 1.82) is 0 Å². The number of thiophene rings is 1. The first-order valence-corrected chi connectivity index (χ1v) is 10.5. The molecule has 2 heterocycles. The van der Waals surface area contributed by atoms with Crippen molar-refractivity contribution < 1.29 is 12.8 Å². The summed E-state index contributed by atoms with van der Waals surface area (Å²) in [6.45, 7) is 2.05. The van der Waals surface area contributed by atoms with E-state index in [1.54, 1.807) is 17.4 Å². The lowest BCUT2D eigenvalue weighted by Crippen LogP contribution is -2.24. The second kappa shape index (κ2) is 7.10. The Hall–Kier alpha value is -1.61. The first-order valence-electron chi connectivity index (χ1n) is 7.15. The van der Waals surface area contributed by atoms with Gasteiger partial charge in [-0.05, 0) is 36.1 Å². The molecule has 0 spiro atoms. The van der Waals surface area contributed by atoms with E-state index in [0.717, 1.165) is 20.5 Å². The van der Waals surface area contributed by atoms with Crippen LogP contribution in [0.4, 0.5) is 4.39 Å². The van der Waals surface area contributed by atoms with Gasteiger partial charge in [0, 0.05) is 11.4 Å². The van der Waals surface area contributed by atoms with E-state index in [1.807, 2.05) is 24.4 Å². The minimum Gasteiger partial charge on any atom is -0.240 e. The lowest BCUT2D eigenvalue weighted by molar-refractivity contribution is 0.580. The summed E-state index contributed by atoms with van der Waals surface area (Å²) >= 11 is 3.08. The lowest BCUT2D eigenvalue weighted by Gasteiger charge is -2.06. The van der Waals surface area contributed by atoms with Crippen LogP contribution in [0.2, 0.25) is 0 Å². The average Bonchev–Trinajstić information content (AvgIpc) is 3.14. The molecular formula is C16H15FN2O2S3. The molecule has 0 radical (unpaired) electrons. The van der Waals surface area contributed by atoms with Gasteiger partial charge in [0.1, 0.15) is 10.8 Å². The van der Waals surface area contributed by atoms with Gasteiger partial charge in [-0.1, -0.05) is 18.2 Å². The number of halogens is 1. The molecule has 0 aliphatic heterocycles. The minimum absolute atomic E-state index is 0.187. The molecule has 0 saturated carbocycles. The smallest absolute Gasteiger partial charge is 0.216 e. The van der Waals surface area contributed by atoms with Gasteiger partial charge >= 0.3 is 0 Å². The summed E-state index contributed by atoms with van der Waals surface area (Å²) in [4.78, 5) is 6.44. The van der Waals surface area contributed by atoms with Crippen LogP contribution in [0.5, 0.6) is 0 Å². The minimum atomic E-state index is -3.55. The van der Waals surface area contributed by atoms with E-state index >= 15 is 0 Å². The summed E-state index contributed by atoms with van der Waals surface area (Å²) in [5, 5.41) is 2.87. The Morgan fingerprint density at radius 2 is 2.08 bits per heavy atom. The fourth-order valence-corrected chi connectivity index (χ4v) is 5.15. The highest BCUT2D eigenvalue weighted by molar-refractivity contribution is 7.88. The van der Waals surface area contributed by atoms with Crippen LogP contribution in [0, 0.1) is 12.7 Å². The number of aromatic nitrogens is 1. The predicted molar refractivity (Wildman–Crippen MR) is 96.0 cm³/mol. The second-order valence-electron chi connectivity index (χ2n) is 5.22. The number of sulfonamides is 1. The second-order valence-corrected chi connectivity index (χ2v) is 9.05. The van der Waals surface area contributed by atoms with Crippen LogP contribution in [0.15, 0.2) is 41.8 Å². The third kappa shape index (κ3) is 4.27. The molecule has 3 aromatic rings. The standard InChI is InChI=1S/C16H15FN2O2S3/c1-11-15(23-16(19-11)14-6-3-7-22-14)9-18-24(20,21)10-12-4-2-5-13(17)8-12/h2-8,18H,9-10H2,1H3. The predicted octanol–water partition coefficient (Wildman–Crippen LogP) is 3.94. The maximum atomic E-state index is 13.2. The molecule has 2 aromatic heterocycles. The van der Waals surface area contributed by atoms with E-state index < -0.39 is 15.8 Å². The van der Waals surface area contributed by atoms with E-state index in [-0.39, 0.29) is 12.3 Å². The average molecular weight is 383 g/mol. The van der Waals surface area contributed by atoms with Gasteiger partial charge in [-0.25, -0.2) is 22.5 Å². The molecule has 0 amide bonds. The zero-order chi connectivity index (χ0) is 17.2. The number of nitrogens with one attached hydrogen (secondary N) is 1. The van der Waals surface area contributed by atoms with Crippen molar-refractivity contribution in [3.63, 3.8) is 0 Å². The molecule has 0 saturated heterocycles. The maximum Gasteiger partial charge on any atom is 0.216 e. The highest BCUT2D eigenvalue weighted by atomic mass is 32.2. The SMILES string of the molecule is Cc1nc(-c2cccs2)sc1CNS(=O)(=O)Cc1cccc(F)c1. The van der Waals surface area contributed by atoms with Crippen molar-refractivity contribution >= 4 is 32.7 Å². The van der Waals surface area contributed by atoms with Crippen molar-refractivity contribution in [3.05, 3.63) is 63.7 Å². The molecule has 0 fully saturated rings. The van der Waals surface area contributed by atoms with Crippen LogP contribution >= 0.6 is 22.7 Å². The molecule has 1 aromatic carbocycles. The van der Waals surface area contributed by atoms with E-state index in [1.165, 1.54) is 29.5 Å². The van der Waals surface area contributed by atoms with Crippen LogP contribution in [0.1, 0.15) is 16.1 Å². The van der Waals surface area contributed by atoms with Crippen molar-refractivity contribution in [2.75, 3.05) is 0 Å². The normalized spacial score (nSPS) is 11.8. The Balaban J connectivity index is 1.69. The van der Waals surface area contributed by atoms with Crippen LogP contribution in [0.25, 0.3) is 9.88 Å². The Morgan fingerprint density at radius 3 is 2.79 bits per heavy atom. The summed E-state index contributed by atoms with van der Waals surface area (Å²) < 4.78 is 40.1. The first kappa shape index (κ1) is 17.2. The van der Waals surface area contributed by atoms with Gasteiger partial charge in [-0.2, -0.15) is 0 Å². The fraction of sp³-hybridized carbons (Fsp3) is 0.188. The van der Waals surface area contributed by atoms with Crippen LogP contribution in [-0.2, 0) is 22.3 Å². The molecule has 4 nitrogen and oxygen atoms in total. The molecule has 0 aliphatic rings.